The van der Waals surface area contributed by atoms with Crippen LogP contribution in [0.25, 0.3) is 16.8 Å². The molecule has 0 aliphatic heterocycles. The highest BCUT2D eigenvalue weighted by atomic mass is 16.3. The molecular formula is C25H27N3O2. The standard InChI is InChI=1S/C25H27N3O2/c1-16(2)19-6-8-20(9-7-19)22-14-23-25(30)27(11-12-28(23)26-22)15-24(29)21-10-5-17(3)13-18(21)4/h5-14,16,24,29H,15H2,1-4H3/t24-/m1/s1. The summed E-state index contributed by atoms with van der Waals surface area (Å²) in [5.74, 6) is 0.468. The summed E-state index contributed by atoms with van der Waals surface area (Å²) in [6, 6.07) is 16.0. The Kier molecular flexibility index (Phi) is 5.31. The number of nitrogens with zero attached hydrogens (tertiary/aromatic N) is 3. The van der Waals surface area contributed by atoms with Crippen LogP contribution in [0.3, 0.4) is 0 Å². The normalized spacial score (nSPS) is 12.6. The van der Waals surface area contributed by atoms with Gasteiger partial charge in [0, 0.05) is 18.0 Å². The molecule has 4 aromatic rings. The fourth-order valence-corrected chi connectivity index (χ4v) is 3.83. The molecule has 0 spiro atoms. The summed E-state index contributed by atoms with van der Waals surface area (Å²) in [5, 5.41) is 15.3. The van der Waals surface area contributed by atoms with Crippen LogP contribution in [0.15, 0.2) is 65.7 Å². The number of benzene rings is 2. The van der Waals surface area contributed by atoms with Crippen LogP contribution in [0.1, 0.15) is 48.1 Å². The SMILES string of the molecule is Cc1ccc([C@H](O)Cn2ccn3nc(-c4ccc(C(C)C)cc4)cc3c2=O)c(C)c1. The van der Waals surface area contributed by atoms with E-state index in [1.54, 1.807) is 21.5 Å². The van der Waals surface area contributed by atoms with Gasteiger partial charge in [0.25, 0.3) is 5.56 Å². The third-order valence-corrected chi connectivity index (χ3v) is 5.63. The van der Waals surface area contributed by atoms with E-state index in [9.17, 15) is 9.90 Å². The van der Waals surface area contributed by atoms with E-state index >= 15 is 0 Å². The maximum atomic E-state index is 13.0. The summed E-state index contributed by atoms with van der Waals surface area (Å²) in [6.45, 7) is 8.52. The number of aliphatic hydroxyl groups excluding tert-OH is 1. The molecule has 2 heterocycles. The predicted octanol–water partition coefficient (Wildman–Crippen LogP) is 4.64. The van der Waals surface area contributed by atoms with Crippen molar-refractivity contribution >= 4 is 5.52 Å². The molecule has 0 amide bonds. The first-order valence-electron chi connectivity index (χ1n) is 10.3. The van der Waals surface area contributed by atoms with Crippen molar-refractivity contribution in [2.24, 2.45) is 0 Å². The quantitative estimate of drug-likeness (QED) is 0.530. The number of hydrogen-bond donors (Lipinski definition) is 1. The molecule has 5 heteroatoms. The summed E-state index contributed by atoms with van der Waals surface area (Å²) in [6.07, 6.45) is 2.69. The van der Waals surface area contributed by atoms with Crippen molar-refractivity contribution in [3.05, 3.63) is 93.5 Å². The van der Waals surface area contributed by atoms with Crippen LogP contribution in [0.4, 0.5) is 0 Å². The topological polar surface area (TPSA) is 59.5 Å². The average Bonchev–Trinajstić information content (AvgIpc) is 3.15. The largest absolute Gasteiger partial charge is 0.387 e. The van der Waals surface area contributed by atoms with Gasteiger partial charge in [-0.15, -0.1) is 0 Å². The smallest absolute Gasteiger partial charge is 0.276 e. The van der Waals surface area contributed by atoms with Gasteiger partial charge in [0.15, 0.2) is 0 Å². The lowest BCUT2D eigenvalue weighted by molar-refractivity contribution is 0.154. The maximum absolute atomic E-state index is 13.0. The van der Waals surface area contributed by atoms with E-state index in [4.69, 9.17) is 0 Å². The zero-order valence-electron chi connectivity index (χ0n) is 17.8. The van der Waals surface area contributed by atoms with Gasteiger partial charge in [-0.1, -0.05) is 61.9 Å². The molecule has 0 saturated carbocycles. The van der Waals surface area contributed by atoms with Gasteiger partial charge in [0.1, 0.15) is 5.52 Å². The molecule has 2 aromatic heterocycles. The molecule has 30 heavy (non-hydrogen) atoms. The van der Waals surface area contributed by atoms with Gasteiger partial charge < -0.3 is 9.67 Å². The van der Waals surface area contributed by atoms with Crippen molar-refractivity contribution in [1.82, 2.24) is 14.2 Å². The van der Waals surface area contributed by atoms with E-state index in [2.05, 4.69) is 31.1 Å². The molecule has 1 N–H and O–H groups in total. The zero-order chi connectivity index (χ0) is 21.4. The van der Waals surface area contributed by atoms with Gasteiger partial charge in [-0.3, -0.25) is 4.79 Å². The number of fused-ring (bicyclic) bond motifs is 1. The van der Waals surface area contributed by atoms with Crippen LogP contribution in [-0.2, 0) is 6.54 Å². The monoisotopic (exact) mass is 401 g/mol. The van der Waals surface area contributed by atoms with Crippen LogP contribution >= 0.6 is 0 Å². The fraction of sp³-hybridized carbons (Fsp3) is 0.280. The van der Waals surface area contributed by atoms with Crippen molar-refractivity contribution in [2.75, 3.05) is 0 Å². The number of hydrogen-bond acceptors (Lipinski definition) is 3. The summed E-state index contributed by atoms with van der Waals surface area (Å²) in [7, 11) is 0. The molecule has 0 unspecified atom stereocenters. The fourth-order valence-electron chi connectivity index (χ4n) is 3.83. The van der Waals surface area contributed by atoms with Gasteiger partial charge in [0.05, 0.1) is 18.3 Å². The highest BCUT2D eigenvalue weighted by molar-refractivity contribution is 5.65. The van der Waals surface area contributed by atoms with Gasteiger partial charge in [0.2, 0.25) is 0 Å². The van der Waals surface area contributed by atoms with Crippen molar-refractivity contribution in [3.63, 3.8) is 0 Å². The van der Waals surface area contributed by atoms with Crippen LogP contribution in [0, 0.1) is 13.8 Å². The minimum absolute atomic E-state index is 0.168. The minimum Gasteiger partial charge on any atom is -0.387 e. The van der Waals surface area contributed by atoms with E-state index in [0.29, 0.717) is 11.4 Å². The highest BCUT2D eigenvalue weighted by Gasteiger charge is 2.15. The molecule has 0 bridgehead atoms. The van der Waals surface area contributed by atoms with E-state index in [-0.39, 0.29) is 12.1 Å². The zero-order valence-corrected chi connectivity index (χ0v) is 17.8. The molecule has 5 nitrogen and oxygen atoms in total. The Hall–Kier alpha value is -3.18. The molecule has 154 valence electrons. The van der Waals surface area contributed by atoms with Gasteiger partial charge in [-0.05, 0) is 42.5 Å². The number of aliphatic hydroxyl groups is 1. The number of aryl methyl sites for hydroxylation is 2. The first-order valence-corrected chi connectivity index (χ1v) is 10.3. The number of aromatic nitrogens is 3. The first-order chi connectivity index (χ1) is 14.3. The molecule has 4 rings (SSSR count). The Labute approximate surface area is 176 Å². The first kappa shape index (κ1) is 20.1. The summed E-state index contributed by atoms with van der Waals surface area (Å²) in [4.78, 5) is 13.0. The molecule has 2 aromatic carbocycles. The van der Waals surface area contributed by atoms with Crippen LogP contribution in [-0.4, -0.2) is 19.3 Å². The Bertz CT molecular complexity index is 1250. The van der Waals surface area contributed by atoms with Gasteiger partial charge in [-0.2, -0.15) is 5.10 Å². The molecule has 1 atom stereocenters. The Morgan fingerprint density at radius 1 is 1.00 bits per heavy atom. The second-order valence-corrected chi connectivity index (χ2v) is 8.27. The second-order valence-electron chi connectivity index (χ2n) is 8.27. The lowest BCUT2D eigenvalue weighted by atomic mass is 10.0. The molecule has 0 aliphatic rings. The summed E-state index contributed by atoms with van der Waals surface area (Å²) in [5.41, 5.74) is 6.34. The molecule has 0 saturated heterocycles. The molecule has 0 radical (unpaired) electrons. The third kappa shape index (κ3) is 3.81. The van der Waals surface area contributed by atoms with Gasteiger partial charge in [-0.25, -0.2) is 4.52 Å². The molecular weight excluding hydrogens is 374 g/mol. The Morgan fingerprint density at radius 3 is 2.40 bits per heavy atom. The maximum Gasteiger partial charge on any atom is 0.276 e. The average molecular weight is 402 g/mol. The van der Waals surface area contributed by atoms with Gasteiger partial charge >= 0.3 is 0 Å². The summed E-state index contributed by atoms with van der Waals surface area (Å²) < 4.78 is 3.15. The Morgan fingerprint density at radius 2 is 1.73 bits per heavy atom. The second kappa shape index (κ2) is 7.92. The van der Waals surface area contributed by atoms with E-state index in [1.165, 1.54) is 5.56 Å². The number of rotatable bonds is 5. The summed E-state index contributed by atoms with van der Waals surface area (Å²) >= 11 is 0. The highest BCUT2D eigenvalue weighted by Crippen LogP contribution is 2.23. The van der Waals surface area contributed by atoms with E-state index in [0.717, 1.165) is 27.9 Å². The lowest BCUT2D eigenvalue weighted by Crippen LogP contribution is -2.24. The lowest BCUT2D eigenvalue weighted by Gasteiger charge is -2.16. The predicted molar refractivity (Wildman–Crippen MR) is 120 cm³/mol. The van der Waals surface area contributed by atoms with Crippen molar-refractivity contribution in [3.8, 4) is 11.3 Å². The van der Waals surface area contributed by atoms with E-state index < -0.39 is 6.10 Å². The van der Waals surface area contributed by atoms with Crippen molar-refractivity contribution < 1.29 is 5.11 Å². The van der Waals surface area contributed by atoms with Crippen molar-refractivity contribution in [1.29, 1.82) is 0 Å². The Balaban J connectivity index is 1.65. The van der Waals surface area contributed by atoms with E-state index in [1.807, 2.05) is 50.2 Å². The van der Waals surface area contributed by atoms with Crippen molar-refractivity contribution in [2.45, 2.75) is 46.3 Å². The van der Waals surface area contributed by atoms with Crippen LogP contribution < -0.4 is 5.56 Å². The molecule has 0 aliphatic carbocycles. The third-order valence-electron chi connectivity index (χ3n) is 5.63. The molecule has 0 fully saturated rings. The van der Waals surface area contributed by atoms with Crippen LogP contribution in [0.5, 0.6) is 0 Å². The minimum atomic E-state index is -0.753. The van der Waals surface area contributed by atoms with Crippen LogP contribution in [0.2, 0.25) is 0 Å².